The molecule has 0 amide bonds. The van der Waals surface area contributed by atoms with Gasteiger partial charge in [0.05, 0.1) is 12.6 Å². The summed E-state index contributed by atoms with van der Waals surface area (Å²) >= 11 is 0. The zero-order valence-corrected chi connectivity index (χ0v) is 10.6. The van der Waals surface area contributed by atoms with Crippen molar-refractivity contribution in [2.24, 2.45) is 0 Å². The topological polar surface area (TPSA) is 162 Å². The minimum absolute atomic E-state index is 0. The zero-order chi connectivity index (χ0) is 12.2. The maximum Gasteiger partial charge on any atom is 1.00 e. The molecule has 0 aliphatic carbocycles. The Morgan fingerprint density at radius 2 is 1.44 bits per heavy atom. The molecule has 0 aliphatic heterocycles. The van der Waals surface area contributed by atoms with E-state index >= 15 is 0 Å². The summed E-state index contributed by atoms with van der Waals surface area (Å²) in [6.07, 6.45) is -10.5. The minimum atomic E-state index is -2.40. The van der Waals surface area contributed by atoms with E-state index in [9.17, 15) is 9.90 Å². The molecule has 0 aliphatic rings. The summed E-state index contributed by atoms with van der Waals surface area (Å²) in [5.74, 6) is -2.03. The van der Waals surface area contributed by atoms with Gasteiger partial charge in [-0.2, -0.15) is 0 Å². The monoisotopic (exact) mass is 248 g/mol. The van der Waals surface area contributed by atoms with E-state index in [1.54, 1.807) is 0 Å². The van der Waals surface area contributed by atoms with E-state index in [0.717, 1.165) is 0 Å². The molecule has 0 rings (SSSR count). The number of rotatable bonds is 6. The first-order chi connectivity index (χ1) is 6.82. The van der Waals surface area contributed by atoms with Crippen molar-refractivity contribution >= 4 is 5.97 Å². The summed E-state index contributed by atoms with van der Waals surface area (Å²) in [5, 5.41) is 63.2. The van der Waals surface area contributed by atoms with Crippen LogP contribution < -0.4 is 34.7 Å². The number of carbonyl (C=O) groups excluding carboxylic acids is 1. The third kappa shape index (κ3) is 5.04. The number of hydrogen-bond donors (Lipinski definition) is 6. The van der Waals surface area contributed by atoms with Crippen LogP contribution in [0.1, 0.15) is 0 Å². The summed E-state index contributed by atoms with van der Waals surface area (Å²) in [6.45, 7) is -0.896. The first kappa shape index (κ1) is 18.6. The van der Waals surface area contributed by atoms with E-state index in [2.05, 4.69) is 0 Å². The van der Waals surface area contributed by atoms with Crippen molar-refractivity contribution in [1.82, 2.24) is 0 Å². The van der Waals surface area contributed by atoms with Crippen molar-refractivity contribution in [1.29, 1.82) is 0 Å². The summed E-state index contributed by atoms with van der Waals surface area (Å²) in [4.78, 5) is 10.1. The molecule has 0 radical (unpaired) electrons. The maximum atomic E-state index is 10.1. The van der Waals surface area contributed by atoms with Crippen molar-refractivity contribution in [3.05, 3.63) is 0 Å². The van der Waals surface area contributed by atoms with Gasteiger partial charge in [0.2, 0.25) is 0 Å². The largest absolute Gasteiger partial charge is 1.00 e. The van der Waals surface area contributed by atoms with Gasteiger partial charge >= 0.3 is 29.6 Å². The minimum Gasteiger partial charge on any atom is -0.547 e. The predicted octanol–water partition coefficient (Wildman–Crippen LogP) is -8.46. The summed E-state index contributed by atoms with van der Waals surface area (Å²) in [6, 6.07) is 0. The second-order valence-corrected chi connectivity index (χ2v) is 2.99. The maximum absolute atomic E-state index is 10.1. The van der Waals surface area contributed by atoms with E-state index in [4.69, 9.17) is 30.6 Å². The Morgan fingerprint density at radius 3 is 1.75 bits per heavy atom. The molecule has 0 heterocycles. The molecular formula is C7H13NaO8. The Morgan fingerprint density at radius 1 is 1.00 bits per heavy atom. The van der Waals surface area contributed by atoms with Crippen LogP contribution in [0.5, 0.6) is 0 Å². The molecule has 9 heteroatoms. The van der Waals surface area contributed by atoms with Crippen LogP contribution in [0.2, 0.25) is 0 Å². The molecule has 5 atom stereocenters. The quantitative estimate of drug-likeness (QED) is 0.252. The Labute approximate surface area is 113 Å². The van der Waals surface area contributed by atoms with Crippen LogP contribution in [0.3, 0.4) is 0 Å². The van der Waals surface area contributed by atoms with Crippen LogP contribution in [0.15, 0.2) is 0 Å². The van der Waals surface area contributed by atoms with Crippen LogP contribution in [0.25, 0.3) is 0 Å². The normalized spacial score (nSPS) is 20.1. The fourth-order valence-electron chi connectivity index (χ4n) is 0.864. The van der Waals surface area contributed by atoms with Gasteiger partial charge < -0.3 is 40.5 Å². The SMILES string of the molecule is O=C([O-])C(O)C(O)C(O)C(O)C(O)CO.[Na+]. The molecule has 8 nitrogen and oxygen atoms in total. The molecule has 0 aromatic carbocycles. The predicted molar refractivity (Wildman–Crippen MR) is 42.1 cm³/mol. The van der Waals surface area contributed by atoms with Crippen LogP contribution in [0.4, 0.5) is 0 Å². The molecule has 5 unspecified atom stereocenters. The van der Waals surface area contributed by atoms with E-state index in [1.165, 1.54) is 0 Å². The van der Waals surface area contributed by atoms with Gasteiger partial charge in [0, 0.05) is 0 Å². The standard InChI is InChI=1S/C7H14O8.Na/c8-1-2(9)3(10)4(11)5(12)6(13)7(14)15;/h2-6,8-13H,1H2,(H,14,15);/q;+1/p-1. The summed E-state index contributed by atoms with van der Waals surface area (Å²) in [7, 11) is 0. The Balaban J connectivity index is 0. The van der Waals surface area contributed by atoms with Gasteiger partial charge in [-0.3, -0.25) is 0 Å². The Kier molecular flexibility index (Phi) is 9.69. The number of aliphatic carboxylic acids is 1. The average molecular weight is 248 g/mol. The van der Waals surface area contributed by atoms with E-state index < -0.39 is 43.1 Å². The van der Waals surface area contributed by atoms with Crippen molar-refractivity contribution in [3.63, 3.8) is 0 Å². The molecule has 0 spiro atoms. The molecule has 16 heavy (non-hydrogen) atoms. The molecule has 0 saturated carbocycles. The van der Waals surface area contributed by atoms with Crippen LogP contribution >= 0.6 is 0 Å². The summed E-state index contributed by atoms with van der Waals surface area (Å²) in [5.41, 5.74) is 0. The van der Waals surface area contributed by atoms with Gasteiger partial charge in [-0.1, -0.05) is 0 Å². The van der Waals surface area contributed by atoms with Gasteiger partial charge in [0.1, 0.15) is 30.5 Å². The molecule has 6 N–H and O–H groups in total. The van der Waals surface area contributed by atoms with Crippen LogP contribution in [-0.2, 0) is 4.79 Å². The zero-order valence-electron chi connectivity index (χ0n) is 8.59. The van der Waals surface area contributed by atoms with E-state index in [-0.39, 0.29) is 29.6 Å². The summed E-state index contributed by atoms with van der Waals surface area (Å²) < 4.78 is 0. The van der Waals surface area contributed by atoms with Crippen molar-refractivity contribution in [3.8, 4) is 0 Å². The Hall–Kier alpha value is 0.230. The van der Waals surface area contributed by atoms with E-state index in [0.29, 0.717) is 0 Å². The third-order valence-electron chi connectivity index (χ3n) is 1.85. The number of carbonyl (C=O) groups is 1. The molecule has 0 saturated heterocycles. The number of aliphatic hydroxyl groups is 6. The first-order valence-corrected chi connectivity index (χ1v) is 4.05. The molecule has 0 bridgehead atoms. The van der Waals surface area contributed by atoms with Gasteiger partial charge in [0.25, 0.3) is 0 Å². The number of carboxylic acid groups (broad SMARTS) is 1. The van der Waals surface area contributed by atoms with Crippen molar-refractivity contribution in [2.45, 2.75) is 30.5 Å². The molecule has 0 aromatic rings. The first-order valence-electron chi connectivity index (χ1n) is 4.05. The Bertz CT molecular complexity index is 213. The van der Waals surface area contributed by atoms with Crippen molar-refractivity contribution < 1.29 is 70.1 Å². The molecular weight excluding hydrogens is 235 g/mol. The number of carboxylic acids is 1. The third-order valence-corrected chi connectivity index (χ3v) is 1.85. The molecule has 90 valence electrons. The number of hydrogen-bond acceptors (Lipinski definition) is 8. The second kappa shape index (κ2) is 8.34. The number of aliphatic hydroxyl groups excluding tert-OH is 6. The second-order valence-electron chi connectivity index (χ2n) is 2.99. The van der Waals surface area contributed by atoms with Gasteiger partial charge in [-0.05, 0) is 0 Å². The van der Waals surface area contributed by atoms with Crippen molar-refractivity contribution in [2.75, 3.05) is 6.61 Å². The average Bonchev–Trinajstić information content (AvgIpc) is 2.23. The fourth-order valence-corrected chi connectivity index (χ4v) is 0.864. The smallest absolute Gasteiger partial charge is 0.547 e. The molecule has 0 fully saturated rings. The van der Waals surface area contributed by atoms with Gasteiger partial charge in [-0.25, -0.2) is 0 Å². The van der Waals surface area contributed by atoms with Gasteiger partial charge in [-0.15, -0.1) is 0 Å². The van der Waals surface area contributed by atoms with Crippen LogP contribution in [-0.4, -0.2) is 73.7 Å². The fraction of sp³-hybridized carbons (Fsp3) is 0.857. The van der Waals surface area contributed by atoms with Gasteiger partial charge in [0.15, 0.2) is 0 Å². The van der Waals surface area contributed by atoms with E-state index in [1.807, 2.05) is 0 Å². The van der Waals surface area contributed by atoms with Crippen LogP contribution in [0, 0.1) is 0 Å². The molecule has 0 aromatic heterocycles.